The van der Waals surface area contributed by atoms with Crippen molar-refractivity contribution in [3.63, 3.8) is 0 Å². The summed E-state index contributed by atoms with van der Waals surface area (Å²) >= 11 is 2.53. The zero-order chi connectivity index (χ0) is 13.3. The Morgan fingerprint density at radius 1 is 1.67 bits per heavy atom. The molecule has 0 saturated carbocycles. The van der Waals surface area contributed by atoms with Crippen molar-refractivity contribution < 1.29 is 9.90 Å². The lowest BCUT2D eigenvalue weighted by atomic mass is 10.2. The van der Waals surface area contributed by atoms with Crippen LogP contribution in [0.25, 0.3) is 10.2 Å². The van der Waals surface area contributed by atoms with Crippen LogP contribution in [0.15, 0.2) is 27.5 Å². The van der Waals surface area contributed by atoms with E-state index in [0.717, 1.165) is 16.9 Å². The molecule has 0 aliphatic rings. The number of rotatable bonds is 4. The van der Waals surface area contributed by atoms with Crippen LogP contribution in [0.4, 0.5) is 0 Å². The molecule has 2 aromatic heterocycles. The lowest BCUT2D eigenvalue weighted by Gasteiger charge is -2.00. The summed E-state index contributed by atoms with van der Waals surface area (Å²) in [6, 6.07) is 0. The molecule has 0 spiro atoms. The number of carbonyl (C=O) groups is 1. The second-order valence-corrected chi connectivity index (χ2v) is 5.57. The molecule has 2 heterocycles. The number of carboxylic acid groups (broad SMARTS) is 1. The Morgan fingerprint density at radius 3 is 3.00 bits per heavy atom. The van der Waals surface area contributed by atoms with Gasteiger partial charge in [-0.3, -0.25) is 4.79 Å². The Morgan fingerprint density at radius 2 is 2.39 bits per heavy atom. The van der Waals surface area contributed by atoms with Crippen LogP contribution >= 0.6 is 23.1 Å². The first-order valence-corrected chi connectivity index (χ1v) is 6.87. The third-order valence-corrected chi connectivity index (χ3v) is 4.08. The lowest BCUT2D eigenvalue weighted by Crippen LogP contribution is -2.11. The quantitative estimate of drug-likeness (QED) is 0.511. The van der Waals surface area contributed by atoms with Gasteiger partial charge in [0.1, 0.15) is 4.83 Å². The number of carboxylic acids is 1. The average Bonchev–Trinajstić information content (AvgIpc) is 2.70. The van der Waals surface area contributed by atoms with Crippen LogP contribution in [0.1, 0.15) is 17.3 Å². The highest BCUT2D eigenvalue weighted by molar-refractivity contribution is 7.99. The van der Waals surface area contributed by atoms with Crippen molar-refractivity contribution in [1.29, 1.82) is 0 Å². The van der Waals surface area contributed by atoms with E-state index in [4.69, 9.17) is 5.11 Å². The SMILES string of the molecule is C=C(C)CSc1nc2scc(C(=O)O)c2c(=O)[nH]1. The van der Waals surface area contributed by atoms with Crippen molar-refractivity contribution in [1.82, 2.24) is 9.97 Å². The van der Waals surface area contributed by atoms with Gasteiger partial charge in [0, 0.05) is 11.1 Å². The standard InChI is InChI=1S/C11H10N2O3S2/c1-5(2)3-18-11-12-8(14)7-6(10(15)16)4-17-9(7)13-11/h4H,1,3H2,2H3,(H,15,16)(H,12,13,14). The number of aromatic nitrogens is 2. The number of thiophene rings is 1. The third kappa shape index (κ3) is 2.46. The summed E-state index contributed by atoms with van der Waals surface area (Å²) < 4.78 is 0. The molecule has 0 saturated heterocycles. The van der Waals surface area contributed by atoms with E-state index >= 15 is 0 Å². The van der Waals surface area contributed by atoms with Gasteiger partial charge in [0.05, 0.1) is 10.9 Å². The van der Waals surface area contributed by atoms with Crippen LogP contribution < -0.4 is 5.56 Å². The fourth-order valence-corrected chi connectivity index (χ4v) is 3.02. The second-order valence-electron chi connectivity index (χ2n) is 3.75. The molecule has 0 radical (unpaired) electrons. The van der Waals surface area contributed by atoms with Crippen LogP contribution in [0, 0.1) is 0 Å². The summed E-state index contributed by atoms with van der Waals surface area (Å²) in [4.78, 5) is 30.0. The highest BCUT2D eigenvalue weighted by Gasteiger charge is 2.16. The van der Waals surface area contributed by atoms with Crippen molar-refractivity contribution in [2.45, 2.75) is 12.1 Å². The van der Waals surface area contributed by atoms with Gasteiger partial charge in [-0.2, -0.15) is 0 Å². The van der Waals surface area contributed by atoms with Crippen molar-refractivity contribution >= 4 is 39.3 Å². The highest BCUT2D eigenvalue weighted by atomic mass is 32.2. The molecule has 94 valence electrons. The van der Waals surface area contributed by atoms with Crippen molar-refractivity contribution in [2.24, 2.45) is 0 Å². The lowest BCUT2D eigenvalue weighted by molar-refractivity contribution is 0.0699. The van der Waals surface area contributed by atoms with Crippen molar-refractivity contribution in [3.8, 4) is 0 Å². The number of aromatic amines is 1. The molecule has 0 unspecified atom stereocenters. The molecule has 0 aliphatic heterocycles. The number of H-pyrrole nitrogens is 1. The number of nitrogens with zero attached hydrogens (tertiary/aromatic N) is 1. The number of thioether (sulfide) groups is 1. The molecular formula is C11H10N2O3S2. The van der Waals surface area contributed by atoms with Gasteiger partial charge in [0.15, 0.2) is 5.16 Å². The predicted octanol–water partition coefficient (Wildman–Crippen LogP) is 2.35. The fraction of sp³-hybridized carbons (Fsp3) is 0.182. The zero-order valence-electron chi connectivity index (χ0n) is 9.52. The third-order valence-electron chi connectivity index (χ3n) is 2.11. The van der Waals surface area contributed by atoms with E-state index in [1.165, 1.54) is 17.1 Å². The fourth-order valence-electron chi connectivity index (χ4n) is 1.35. The number of fused-ring (bicyclic) bond motifs is 1. The summed E-state index contributed by atoms with van der Waals surface area (Å²) in [5.41, 5.74) is 0.559. The maximum atomic E-state index is 11.8. The highest BCUT2D eigenvalue weighted by Crippen LogP contribution is 2.23. The molecular weight excluding hydrogens is 272 g/mol. The van der Waals surface area contributed by atoms with E-state index in [-0.39, 0.29) is 10.9 Å². The molecule has 18 heavy (non-hydrogen) atoms. The van der Waals surface area contributed by atoms with Gasteiger partial charge in [-0.15, -0.1) is 11.3 Å². The summed E-state index contributed by atoms with van der Waals surface area (Å²) in [5, 5.41) is 11.0. The molecule has 2 aromatic rings. The topological polar surface area (TPSA) is 83.0 Å². The van der Waals surface area contributed by atoms with Gasteiger partial charge >= 0.3 is 5.97 Å². The van der Waals surface area contributed by atoms with Gasteiger partial charge in [-0.05, 0) is 6.92 Å². The summed E-state index contributed by atoms with van der Waals surface area (Å²) in [6.07, 6.45) is 0. The first-order valence-electron chi connectivity index (χ1n) is 5.01. The first-order chi connectivity index (χ1) is 8.49. The van der Waals surface area contributed by atoms with E-state index in [1.807, 2.05) is 6.92 Å². The van der Waals surface area contributed by atoms with Gasteiger partial charge < -0.3 is 10.1 Å². The normalized spacial score (nSPS) is 10.7. The summed E-state index contributed by atoms with van der Waals surface area (Å²) in [7, 11) is 0. The minimum absolute atomic E-state index is 0.000186. The monoisotopic (exact) mass is 282 g/mol. The maximum absolute atomic E-state index is 11.8. The van der Waals surface area contributed by atoms with Crippen LogP contribution in [0.3, 0.4) is 0 Å². The molecule has 0 bridgehead atoms. The van der Waals surface area contributed by atoms with E-state index in [0.29, 0.717) is 15.7 Å². The number of aromatic carboxylic acids is 1. The molecule has 0 aromatic carbocycles. The van der Waals surface area contributed by atoms with E-state index in [9.17, 15) is 9.59 Å². The Balaban J connectivity index is 2.48. The van der Waals surface area contributed by atoms with Gasteiger partial charge in [-0.25, -0.2) is 9.78 Å². The van der Waals surface area contributed by atoms with E-state index in [1.54, 1.807) is 0 Å². The molecule has 0 amide bonds. The maximum Gasteiger partial charge on any atom is 0.337 e. The second kappa shape index (κ2) is 4.95. The van der Waals surface area contributed by atoms with Crippen molar-refractivity contribution in [3.05, 3.63) is 33.4 Å². The number of nitrogens with one attached hydrogen (secondary N) is 1. The zero-order valence-corrected chi connectivity index (χ0v) is 11.2. The Labute approximate surface area is 111 Å². The van der Waals surface area contributed by atoms with Crippen LogP contribution in [0.5, 0.6) is 0 Å². The molecule has 2 rings (SSSR count). The minimum Gasteiger partial charge on any atom is -0.478 e. The van der Waals surface area contributed by atoms with Gasteiger partial charge in [0.25, 0.3) is 5.56 Å². The van der Waals surface area contributed by atoms with Crippen LogP contribution in [-0.4, -0.2) is 26.8 Å². The van der Waals surface area contributed by atoms with Gasteiger partial charge in [-0.1, -0.05) is 23.9 Å². The Hall–Kier alpha value is -1.60. The van der Waals surface area contributed by atoms with E-state index < -0.39 is 11.5 Å². The first kappa shape index (κ1) is 12.8. The average molecular weight is 282 g/mol. The largest absolute Gasteiger partial charge is 0.478 e. The molecule has 2 N–H and O–H groups in total. The number of hydrogen-bond acceptors (Lipinski definition) is 5. The Kier molecular flexibility index (Phi) is 3.53. The van der Waals surface area contributed by atoms with Crippen molar-refractivity contribution in [2.75, 3.05) is 5.75 Å². The smallest absolute Gasteiger partial charge is 0.337 e. The van der Waals surface area contributed by atoms with E-state index in [2.05, 4.69) is 16.5 Å². The molecule has 5 nitrogen and oxygen atoms in total. The molecule has 0 fully saturated rings. The molecule has 0 aliphatic carbocycles. The predicted molar refractivity (Wildman–Crippen MR) is 72.7 cm³/mol. The molecule has 7 heteroatoms. The Bertz CT molecular complexity index is 687. The summed E-state index contributed by atoms with van der Waals surface area (Å²) in [5.74, 6) is -0.457. The molecule has 0 atom stereocenters. The summed E-state index contributed by atoms with van der Waals surface area (Å²) in [6.45, 7) is 5.65. The van der Waals surface area contributed by atoms with Crippen LogP contribution in [0.2, 0.25) is 0 Å². The van der Waals surface area contributed by atoms with Crippen LogP contribution in [-0.2, 0) is 0 Å². The number of hydrogen-bond donors (Lipinski definition) is 2. The minimum atomic E-state index is -1.11. The van der Waals surface area contributed by atoms with Gasteiger partial charge in [0.2, 0.25) is 0 Å².